The average Bonchev–Trinajstić information content (AvgIpc) is 3.44. The van der Waals surface area contributed by atoms with Crippen molar-refractivity contribution in [3.63, 3.8) is 0 Å². The second-order valence-corrected chi connectivity index (χ2v) is 7.53. The molecule has 1 N–H and O–H groups in total. The molecule has 0 radical (unpaired) electrons. The van der Waals surface area contributed by atoms with Gasteiger partial charge in [-0.2, -0.15) is 0 Å². The van der Waals surface area contributed by atoms with Gasteiger partial charge in [0.2, 0.25) is 0 Å². The van der Waals surface area contributed by atoms with E-state index < -0.39 is 0 Å². The Hall–Kier alpha value is -2.38. The summed E-state index contributed by atoms with van der Waals surface area (Å²) in [4.78, 5) is 11.7. The lowest BCUT2D eigenvalue weighted by atomic mass is 10.1. The molecule has 156 valence electrons. The van der Waals surface area contributed by atoms with Gasteiger partial charge < -0.3 is 24.3 Å². The summed E-state index contributed by atoms with van der Waals surface area (Å²) in [7, 11) is 0. The van der Waals surface area contributed by atoms with E-state index in [4.69, 9.17) is 14.5 Å². The second-order valence-electron chi connectivity index (χ2n) is 7.53. The van der Waals surface area contributed by atoms with Crippen molar-refractivity contribution in [3.05, 3.63) is 54.1 Å². The van der Waals surface area contributed by atoms with Gasteiger partial charge in [-0.1, -0.05) is 30.3 Å². The van der Waals surface area contributed by atoms with Crippen LogP contribution < -0.4 is 5.32 Å². The third-order valence-corrected chi connectivity index (χ3v) is 5.48. The molecule has 1 aromatic heterocycles. The number of benzene rings is 1. The van der Waals surface area contributed by atoms with Gasteiger partial charge >= 0.3 is 0 Å². The van der Waals surface area contributed by atoms with E-state index in [0.717, 1.165) is 57.4 Å². The van der Waals surface area contributed by atoms with Crippen LogP contribution in [0.5, 0.6) is 0 Å². The third kappa shape index (κ3) is 5.16. The Morgan fingerprint density at radius 1 is 1.21 bits per heavy atom. The SMILES string of the molecule is CCNC(=NCc1nccn1Cc1ccccc1)N1CCOC(C2CCCO2)C1. The molecule has 0 spiro atoms. The minimum atomic E-state index is 0.121. The summed E-state index contributed by atoms with van der Waals surface area (Å²) in [6.45, 7) is 7.50. The molecular weight excluding hydrogens is 366 g/mol. The Labute approximate surface area is 172 Å². The van der Waals surface area contributed by atoms with Crippen LogP contribution in [0.2, 0.25) is 0 Å². The summed E-state index contributed by atoms with van der Waals surface area (Å²) in [5.74, 6) is 1.89. The van der Waals surface area contributed by atoms with Gasteiger partial charge in [-0.15, -0.1) is 0 Å². The normalized spacial score (nSPS) is 22.8. The van der Waals surface area contributed by atoms with Gasteiger partial charge in [-0.25, -0.2) is 9.98 Å². The van der Waals surface area contributed by atoms with E-state index in [9.17, 15) is 0 Å². The summed E-state index contributed by atoms with van der Waals surface area (Å²) in [5, 5.41) is 3.44. The average molecular weight is 398 g/mol. The minimum absolute atomic E-state index is 0.121. The number of morpholine rings is 1. The lowest BCUT2D eigenvalue weighted by Gasteiger charge is -2.37. The summed E-state index contributed by atoms with van der Waals surface area (Å²) in [6, 6.07) is 10.4. The Bertz CT molecular complexity index is 786. The van der Waals surface area contributed by atoms with Crippen molar-refractivity contribution in [2.75, 3.05) is 32.8 Å². The van der Waals surface area contributed by atoms with Crippen LogP contribution in [0.1, 0.15) is 31.2 Å². The molecule has 0 saturated carbocycles. The highest BCUT2D eigenvalue weighted by atomic mass is 16.5. The van der Waals surface area contributed by atoms with Gasteiger partial charge in [0.15, 0.2) is 5.96 Å². The van der Waals surface area contributed by atoms with Crippen molar-refractivity contribution in [1.82, 2.24) is 19.8 Å². The largest absolute Gasteiger partial charge is 0.375 e. The highest BCUT2D eigenvalue weighted by Gasteiger charge is 2.32. The molecule has 7 nitrogen and oxygen atoms in total. The zero-order valence-corrected chi connectivity index (χ0v) is 17.2. The molecule has 0 aliphatic carbocycles. The van der Waals surface area contributed by atoms with Crippen LogP contribution in [0, 0.1) is 0 Å². The van der Waals surface area contributed by atoms with Gasteiger partial charge in [-0.3, -0.25) is 0 Å². The van der Waals surface area contributed by atoms with Gasteiger partial charge in [0, 0.05) is 45.2 Å². The van der Waals surface area contributed by atoms with Crippen LogP contribution in [0.4, 0.5) is 0 Å². The molecule has 2 atom stereocenters. The fourth-order valence-electron chi connectivity index (χ4n) is 3.98. The maximum atomic E-state index is 5.99. The van der Waals surface area contributed by atoms with Crippen molar-refractivity contribution >= 4 is 5.96 Å². The monoisotopic (exact) mass is 397 g/mol. The number of rotatable bonds is 6. The molecule has 2 fully saturated rings. The van der Waals surface area contributed by atoms with Crippen molar-refractivity contribution in [2.24, 2.45) is 4.99 Å². The quantitative estimate of drug-likeness (QED) is 0.598. The Balaban J connectivity index is 1.43. The van der Waals surface area contributed by atoms with E-state index >= 15 is 0 Å². The molecule has 2 unspecified atom stereocenters. The molecule has 1 aromatic carbocycles. The Kier molecular flexibility index (Phi) is 6.79. The minimum Gasteiger partial charge on any atom is -0.375 e. The summed E-state index contributed by atoms with van der Waals surface area (Å²) < 4.78 is 14.0. The molecule has 7 heteroatoms. The van der Waals surface area contributed by atoms with Crippen molar-refractivity contribution in [1.29, 1.82) is 0 Å². The first-order chi connectivity index (χ1) is 14.3. The van der Waals surface area contributed by atoms with Gasteiger partial charge in [-0.05, 0) is 25.3 Å². The molecule has 29 heavy (non-hydrogen) atoms. The molecule has 4 rings (SSSR count). The highest BCUT2D eigenvalue weighted by molar-refractivity contribution is 5.80. The number of hydrogen-bond donors (Lipinski definition) is 1. The first kappa shape index (κ1) is 19.9. The van der Waals surface area contributed by atoms with E-state index in [1.807, 2.05) is 18.5 Å². The number of ether oxygens (including phenoxy) is 2. The molecule has 2 aromatic rings. The van der Waals surface area contributed by atoms with Crippen LogP contribution in [0.3, 0.4) is 0 Å². The van der Waals surface area contributed by atoms with Gasteiger partial charge in [0.05, 0.1) is 12.7 Å². The maximum Gasteiger partial charge on any atom is 0.194 e. The topological polar surface area (TPSA) is 63.9 Å². The highest BCUT2D eigenvalue weighted by Crippen LogP contribution is 2.21. The Morgan fingerprint density at radius 3 is 2.86 bits per heavy atom. The second kappa shape index (κ2) is 9.89. The zero-order valence-electron chi connectivity index (χ0n) is 17.2. The van der Waals surface area contributed by atoms with Gasteiger partial charge in [0.1, 0.15) is 18.5 Å². The van der Waals surface area contributed by atoms with Crippen LogP contribution in [-0.4, -0.2) is 65.5 Å². The third-order valence-electron chi connectivity index (χ3n) is 5.48. The molecular formula is C22H31N5O2. The number of imidazole rings is 1. The van der Waals surface area contributed by atoms with Crippen LogP contribution in [0.25, 0.3) is 0 Å². The maximum absolute atomic E-state index is 5.99. The molecule has 0 bridgehead atoms. The van der Waals surface area contributed by atoms with E-state index in [2.05, 4.69) is 51.0 Å². The van der Waals surface area contributed by atoms with Crippen molar-refractivity contribution in [3.8, 4) is 0 Å². The number of nitrogens with one attached hydrogen (secondary N) is 1. The number of guanidine groups is 1. The first-order valence-corrected chi connectivity index (χ1v) is 10.6. The zero-order chi connectivity index (χ0) is 19.9. The van der Waals surface area contributed by atoms with E-state index in [1.165, 1.54) is 5.56 Å². The first-order valence-electron chi connectivity index (χ1n) is 10.6. The summed E-state index contributed by atoms with van der Waals surface area (Å²) in [5.41, 5.74) is 1.26. The van der Waals surface area contributed by atoms with Crippen LogP contribution in [-0.2, 0) is 22.6 Å². The Morgan fingerprint density at radius 2 is 2.07 bits per heavy atom. The summed E-state index contributed by atoms with van der Waals surface area (Å²) in [6.07, 6.45) is 6.42. The van der Waals surface area contributed by atoms with E-state index in [1.54, 1.807) is 0 Å². The number of aliphatic imine (C=N–C) groups is 1. The van der Waals surface area contributed by atoms with Crippen molar-refractivity contribution < 1.29 is 9.47 Å². The predicted molar refractivity (Wildman–Crippen MR) is 113 cm³/mol. The lowest BCUT2D eigenvalue weighted by Crippen LogP contribution is -2.53. The fourth-order valence-corrected chi connectivity index (χ4v) is 3.98. The van der Waals surface area contributed by atoms with E-state index in [-0.39, 0.29) is 12.2 Å². The molecule has 2 aliphatic rings. The predicted octanol–water partition coefficient (Wildman–Crippen LogP) is 2.28. The van der Waals surface area contributed by atoms with Crippen LogP contribution >= 0.6 is 0 Å². The number of aromatic nitrogens is 2. The van der Waals surface area contributed by atoms with Gasteiger partial charge in [0.25, 0.3) is 0 Å². The number of hydrogen-bond acceptors (Lipinski definition) is 4. The molecule has 3 heterocycles. The fraction of sp³-hybridized carbons (Fsp3) is 0.545. The lowest BCUT2D eigenvalue weighted by molar-refractivity contribution is -0.0817. The van der Waals surface area contributed by atoms with Crippen LogP contribution in [0.15, 0.2) is 47.7 Å². The van der Waals surface area contributed by atoms with Crippen molar-refractivity contribution in [2.45, 2.75) is 45.1 Å². The standard InChI is InChI=1S/C22H31N5O2/c1-2-23-22(27-12-14-29-20(17-27)19-9-6-13-28-19)25-15-21-24-10-11-26(21)16-18-7-4-3-5-8-18/h3-5,7-8,10-11,19-20H,2,6,9,12-17H2,1H3,(H,23,25). The summed E-state index contributed by atoms with van der Waals surface area (Å²) >= 11 is 0. The smallest absolute Gasteiger partial charge is 0.194 e. The van der Waals surface area contributed by atoms with E-state index in [0.29, 0.717) is 13.2 Å². The molecule has 0 amide bonds. The number of nitrogens with zero attached hydrogens (tertiary/aromatic N) is 4. The molecule has 2 saturated heterocycles. The molecule has 2 aliphatic heterocycles.